The summed E-state index contributed by atoms with van der Waals surface area (Å²) in [6.07, 6.45) is 1.75. The standard InChI is InChI=1S/C11H13BrClNO2S2/c12-8-1-2-11(10(13)7-8)18(15,16)14-9-3-5-17-6-4-9/h1-2,7,9,14H,3-6H2. The molecule has 100 valence electrons. The van der Waals surface area contributed by atoms with Crippen molar-refractivity contribution in [3.63, 3.8) is 0 Å². The Morgan fingerprint density at radius 1 is 1.33 bits per heavy atom. The first-order valence-electron chi connectivity index (χ1n) is 5.54. The maximum Gasteiger partial charge on any atom is 0.242 e. The number of sulfonamides is 1. The van der Waals surface area contributed by atoms with Crippen molar-refractivity contribution >= 4 is 49.3 Å². The molecule has 0 radical (unpaired) electrons. The Morgan fingerprint density at radius 3 is 2.61 bits per heavy atom. The van der Waals surface area contributed by atoms with E-state index in [1.54, 1.807) is 12.1 Å². The molecule has 0 atom stereocenters. The molecule has 1 saturated heterocycles. The molecule has 0 spiro atoms. The smallest absolute Gasteiger partial charge is 0.208 e. The minimum absolute atomic E-state index is 0.0240. The Labute approximate surface area is 125 Å². The fourth-order valence-electron chi connectivity index (χ4n) is 1.79. The van der Waals surface area contributed by atoms with Crippen molar-refractivity contribution in [2.24, 2.45) is 0 Å². The summed E-state index contributed by atoms with van der Waals surface area (Å²) in [6.45, 7) is 0. The van der Waals surface area contributed by atoms with Gasteiger partial charge in [-0.15, -0.1) is 0 Å². The summed E-state index contributed by atoms with van der Waals surface area (Å²) in [7, 11) is -3.52. The molecule has 0 aliphatic carbocycles. The van der Waals surface area contributed by atoms with Crippen molar-refractivity contribution in [1.82, 2.24) is 4.72 Å². The van der Waals surface area contributed by atoms with Crippen LogP contribution in [0.2, 0.25) is 5.02 Å². The fraction of sp³-hybridized carbons (Fsp3) is 0.455. The van der Waals surface area contributed by atoms with E-state index in [4.69, 9.17) is 11.6 Å². The maximum atomic E-state index is 12.2. The van der Waals surface area contributed by atoms with Gasteiger partial charge in [0.25, 0.3) is 0 Å². The first kappa shape index (κ1) is 14.7. The Hall–Kier alpha value is 0.250. The van der Waals surface area contributed by atoms with Crippen molar-refractivity contribution in [3.8, 4) is 0 Å². The number of hydrogen-bond acceptors (Lipinski definition) is 3. The molecule has 1 aromatic carbocycles. The Kier molecular flexibility index (Phi) is 4.99. The van der Waals surface area contributed by atoms with Crippen molar-refractivity contribution in [2.45, 2.75) is 23.8 Å². The summed E-state index contributed by atoms with van der Waals surface area (Å²) in [5.74, 6) is 2.00. The van der Waals surface area contributed by atoms with Gasteiger partial charge in [-0.05, 0) is 42.5 Å². The molecule has 1 aliphatic rings. The van der Waals surface area contributed by atoms with E-state index in [1.165, 1.54) is 6.07 Å². The quantitative estimate of drug-likeness (QED) is 0.888. The fourth-order valence-corrected chi connectivity index (χ4v) is 5.24. The first-order valence-corrected chi connectivity index (χ1v) is 9.35. The molecule has 0 aromatic heterocycles. The van der Waals surface area contributed by atoms with Crippen LogP contribution in [0, 0.1) is 0 Å². The molecule has 1 fully saturated rings. The molecule has 1 aromatic rings. The minimum atomic E-state index is -3.52. The van der Waals surface area contributed by atoms with Crippen LogP contribution in [0.15, 0.2) is 27.6 Å². The second-order valence-electron chi connectivity index (χ2n) is 4.08. The van der Waals surface area contributed by atoms with Crippen molar-refractivity contribution in [2.75, 3.05) is 11.5 Å². The summed E-state index contributed by atoms with van der Waals surface area (Å²) >= 11 is 11.1. The number of halogens is 2. The van der Waals surface area contributed by atoms with Crippen LogP contribution in [0.5, 0.6) is 0 Å². The average Bonchev–Trinajstić information content (AvgIpc) is 2.29. The number of benzene rings is 1. The number of hydrogen-bond donors (Lipinski definition) is 1. The lowest BCUT2D eigenvalue weighted by Crippen LogP contribution is -2.37. The third-order valence-electron chi connectivity index (χ3n) is 2.73. The molecule has 1 aliphatic heterocycles. The Balaban J connectivity index is 2.19. The third kappa shape index (κ3) is 3.63. The molecule has 0 bridgehead atoms. The average molecular weight is 371 g/mol. The highest BCUT2D eigenvalue weighted by molar-refractivity contribution is 9.10. The predicted molar refractivity (Wildman–Crippen MR) is 79.8 cm³/mol. The van der Waals surface area contributed by atoms with Crippen molar-refractivity contribution in [1.29, 1.82) is 0 Å². The molecular weight excluding hydrogens is 358 g/mol. The van der Waals surface area contributed by atoms with Gasteiger partial charge in [0.2, 0.25) is 10.0 Å². The van der Waals surface area contributed by atoms with E-state index in [2.05, 4.69) is 20.7 Å². The van der Waals surface area contributed by atoms with E-state index >= 15 is 0 Å². The molecule has 18 heavy (non-hydrogen) atoms. The summed E-state index contributed by atoms with van der Waals surface area (Å²) in [6, 6.07) is 4.81. The summed E-state index contributed by atoms with van der Waals surface area (Å²) in [4.78, 5) is 0.144. The number of nitrogens with one attached hydrogen (secondary N) is 1. The second kappa shape index (κ2) is 6.13. The van der Waals surface area contributed by atoms with Crippen LogP contribution in [0.1, 0.15) is 12.8 Å². The van der Waals surface area contributed by atoms with E-state index < -0.39 is 10.0 Å². The highest BCUT2D eigenvalue weighted by Gasteiger charge is 2.23. The SMILES string of the molecule is O=S(=O)(NC1CCSCC1)c1ccc(Br)cc1Cl. The summed E-state index contributed by atoms with van der Waals surface area (Å²) in [5, 5.41) is 0.238. The number of thioether (sulfide) groups is 1. The van der Waals surface area contributed by atoms with Crippen LogP contribution < -0.4 is 4.72 Å². The Morgan fingerprint density at radius 2 is 2.00 bits per heavy atom. The molecule has 1 heterocycles. The second-order valence-corrected chi connectivity index (χ2v) is 8.31. The molecule has 0 unspecified atom stereocenters. The molecule has 2 rings (SSSR count). The lowest BCUT2D eigenvalue weighted by atomic mass is 10.2. The third-order valence-corrected chi connectivity index (χ3v) is 6.27. The van der Waals surface area contributed by atoms with E-state index in [9.17, 15) is 8.42 Å². The van der Waals surface area contributed by atoms with Crippen LogP contribution in [0.25, 0.3) is 0 Å². The van der Waals surface area contributed by atoms with Crippen LogP contribution in [-0.4, -0.2) is 26.0 Å². The van der Waals surface area contributed by atoms with Crippen LogP contribution in [0.4, 0.5) is 0 Å². The molecule has 0 amide bonds. The maximum absolute atomic E-state index is 12.2. The zero-order chi connectivity index (χ0) is 13.2. The van der Waals surface area contributed by atoms with Gasteiger partial charge in [0.05, 0.1) is 5.02 Å². The van der Waals surface area contributed by atoms with Gasteiger partial charge in [-0.2, -0.15) is 11.8 Å². The molecule has 7 heteroatoms. The van der Waals surface area contributed by atoms with E-state index in [1.807, 2.05) is 11.8 Å². The molecule has 0 saturated carbocycles. The molecule has 3 nitrogen and oxygen atoms in total. The number of rotatable bonds is 3. The first-order chi connectivity index (χ1) is 8.49. The summed E-state index contributed by atoms with van der Waals surface area (Å²) in [5.41, 5.74) is 0. The summed E-state index contributed by atoms with van der Waals surface area (Å²) < 4.78 is 27.9. The van der Waals surface area contributed by atoms with E-state index in [0.29, 0.717) is 0 Å². The van der Waals surface area contributed by atoms with Gasteiger partial charge < -0.3 is 0 Å². The van der Waals surface area contributed by atoms with Crippen LogP contribution in [0.3, 0.4) is 0 Å². The topological polar surface area (TPSA) is 46.2 Å². The lowest BCUT2D eigenvalue weighted by molar-refractivity contribution is 0.529. The highest BCUT2D eigenvalue weighted by Crippen LogP contribution is 2.26. The van der Waals surface area contributed by atoms with E-state index in [0.717, 1.165) is 28.8 Å². The molecule has 1 N–H and O–H groups in total. The van der Waals surface area contributed by atoms with Gasteiger partial charge in [-0.25, -0.2) is 13.1 Å². The van der Waals surface area contributed by atoms with Crippen LogP contribution in [-0.2, 0) is 10.0 Å². The zero-order valence-corrected chi connectivity index (χ0v) is 13.5. The lowest BCUT2D eigenvalue weighted by Gasteiger charge is -2.22. The normalized spacial score (nSPS) is 17.9. The Bertz CT molecular complexity index is 530. The van der Waals surface area contributed by atoms with Gasteiger partial charge >= 0.3 is 0 Å². The van der Waals surface area contributed by atoms with Crippen LogP contribution >= 0.6 is 39.3 Å². The van der Waals surface area contributed by atoms with Gasteiger partial charge in [-0.1, -0.05) is 27.5 Å². The minimum Gasteiger partial charge on any atom is -0.208 e. The zero-order valence-electron chi connectivity index (χ0n) is 9.53. The van der Waals surface area contributed by atoms with Gasteiger partial charge in [0.15, 0.2) is 0 Å². The van der Waals surface area contributed by atoms with E-state index in [-0.39, 0.29) is 16.0 Å². The van der Waals surface area contributed by atoms with Crippen molar-refractivity contribution in [3.05, 3.63) is 27.7 Å². The largest absolute Gasteiger partial charge is 0.242 e. The molecular formula is C11H13BrClNO2S2. The van der Waals surface area contributed by atoms with Crippen molar-refractivity contribution < 1.29 is 8.42 Å². The predicted octanol–water partition coefficient (Wildman–Crippen LogP) is 3.28. The monoisotopic (exact) mass is 369 g/mol. The van der Waals surface area contributed by atoms with Gasteiger partial charge in [-0.3, -0.25) is 0 Å². The van der Waals surface area contributed by atoms with Gasteiger partial charge in [0.1, 0.15) is 4.90 Å². The van der Waals surface area contributed by atoms with Gasteiger partial charge in [0, 0.05) is 10.5 Å². The highest BCUT2D eigenvalue weighted by atomic mass is 79.9.